The van der Waals surface area contributed by atoms with E-state index in [2.05, 4.69) is 14.9 Å². The Hall–Kier alpha value is -3.02. The number of rotatable bonds is 5. The van der Waals surface area contributed by atoms with E-state index in [4.69, 9.17) is 0 Å². The normalized spacial score (nSPS) is 10.8. The first-order valence-electron chi connectivity index (χ1n) is 7.29. The van der Waals surface area contributed by atoms with Crippen LogP contribution in [-0.2, 0) is 6.42 Å². The van der Waals surface area contributed by atoms with Crippen LogP contribution in [0.4, 0.5) is 8.78 Å². The molecule has 1 N–H and O–H groups in total. The van der Waals surface area contributed by atoms with Crippen LogP contribution in [0.15, 0.2) is 65.5 Å². The number of hydrogen-bond acceptors (Lipinski definition) is 3. The van der Waals surface area contributed by atoms with Gasteiger partial charge in [0.05, 0.1) is 5.69 Å². The minimum atomic E-state index is -2.88. The molecule has 0 radical (unpaired) electrons. The van der Waals surface area contributed by atoms with E-state index in [1.165, 1.54) is 12.1 Å². The smallest absolute Gasteiger partial charge is 0.387 e. The highest BCUT2D eigenvalue weighted by Crippen LogP contribution is 2.19. The minimum Gasteiger partial charge on any atom is -0.435 e. The third kappa shape index (κ3) is 3.84. The standard InChI is InChI=1S/C18H14F2N2O2/c19-18(20)24-15-8-4-5-12(10-15)9-14-11-16(21-22-17(14)23)13-6-2-1-3-7-13/h1-8,10-11,18H,9H2,(H,22,23). The molecular formula is C18H14F2N2O2. The topological polar surface area (TPSA) is 55.0 Å². The van der Waals surface area contributed by atoms with Gasteiger partial charge in [0, 0.05) is 17.5 Å². The fourth-order valence-corrected chi connectivity index (χ4v) is 2.39. The molecule has 24 heavy (non-hydrogen) atoms. The fraction of sp³-hybridized carbons (Fsp3) is 0.111. The quantitative estimate of drug-likeness (QED) is 0.778. The molecule has 6 heteroatoms. The highest BCUT2D eigenvalue weighted by molar-refractivity contribution is 5.58. The summed E-state index contributed by atoms with van der Waals surface area (Å²) in [6.07, 6.45) is 0.290. The summed E-state index contributed by atoms with van der Waals surface area (Å²) >= 11 is 0. The lowest BCUT2D eigenvalue weighted by atomic mass is 10.0. The number of ether oxygens (including phenoxy) is 1. The van der Waals surface area contributed by atoms with Crippen LogP contribution in [0.5, 0.6) is 5.75 Å². The number of nitrogens with zero attached hydrogens (tertiary/aromatic N) is 1. The van der Waals surface area contributed by atoms with Gasteiger partial charge in [0.15, 0.2) is 0 Å². The largest absolute Gasteiger partial charge is 0.435 e. The van der Waals surface area contributed by atoms with Gasteiger partial charge in [0.25, 0.3) is 5.56 Å². The number of nitrogens with one attached hydrogen (secondary N) is 1. The van der Waals surface area contributed by atoms with E-state index in [0.717, 1.165) is 5.56 Å². The van der Waals surface area contributed by atoms with Crippen LogP contribution in [0, 0.1) is 0 Å². The number of aromatic amines is 1. The number of aromatic nitrogens is 2. The van der Waals surface area contributed by atoms with E-state index >= 15 is 0 Å². The summed E-state index contributed by atoms with van der Waals surface area (Å²) in [5.41, 5.74) is 2.41. The third-order valence-electron chi connectivity index (χ3n) is 3.47. The summed E-state index contributed by atoms with van der Waals surface area (Å²) < 4.78 is 29.0. The van der Waals surface area contributed by atoms with Crippen LogP contribution in [0.25, 0.3) is 11.3 Å². The second-order valence-corrected chi connectivity index (χ2v) is 5.18. The molecule has 0 saturated carbocycles. The highest BCUT2D eigenvalue weighted by atomic mass is 19.3. The predicted octanol–water partition coefficient (Wildman–Crippen LogP) is 3.63. The maximum absolute atomic E-state index is 12.3. The number of hydrogen-bond donors (Lipinski definition) is 1. The van der Waals surface area contributed by atoms with Crippen molar-refractivity contribution in [3.8, 4) is 17.0 Å². The van der Waals surface area contributed by atoms with Gasteiger partial charge in [0.1, 0.15) is 5.75 Å². The van der Waals surface area contributed by atoms with Crippen molar-refractivity contribution >= 4 is 0 Å². The minimum absolute atomic E-state index is 0.0660. The van der Waals surface area contributed by atoms with Gasteiger partial charge >= 0.3 is 6.61 Å². The lowest BCUT2D eigenvalue weighted by molar-refractivity contribution is -0.0498. The number of halogens is 2. The molecule has 0 aliphatic rings. The van der Waals surface area contributed by atoms with Crippen molar-refractivity contribution in [1.82, 2.24) is 10.2 Å². The highest BCUT2D eigenvalue weighted by Gasteiger charge is 2.09. The molecule has 3 rings (SSSR count). The predicted molar refractivity (Wildman–Crippen MR) is 86.2 cm³/mol. The van der Waals surface area contributed by atoms with Crippen LogP contribution in [0.3, 0.4) is 0 Å². The summed E-state index contributed by atoms with van der Waals surface area (Å²) in [6, 6.07) is 17.4. The maximum Gasteiger partial charge on any atom is 0.387 e. The summed E-state index contributed by atoms with van der Waals surface area (Å²) in [5.74, 6) is 0.0660. The van der Waals surface area contributed by atoms with E-state index < -0.39 is 6.61 Å². The van der Waals surface area contributed by atoms with Gasteiger partial charge in [-0.15, -0.1) is 0 Å². The zero-order chi connectivity index (χ0) is 16.9. The first-order valence-corrected chi connectivity index (χ1v) is 7.29. The van der Waals surface area contributed by atoms with Crippen LogP contribution in [0.1, 0.15) is 11.1 Å². The Morgan fingerprint density at radius 1 is 1.04 bits per heavy atom. The van der Waals surface area contributed by atoms with Crippen LogP contribution < -0.4 is 10.3 Å². The van der Waals surface area contributed by atoms with Gasteiger partial charge in [-0.2, -0.15) is 13.9 Å². The number of alkyl halides is 2. The van der Waals surface area contributed by atoms with Crippen molar-refractivity contribution in [3.05, 3.63) is 82.1 Å². The van der Waals surface area contributed by atoms with Gasteiger partial charge in [-0.1, -0.05) is 42.5 Å². The van der Waals surface area contributed by atoms with Crippen LogP contribution in [-0.4, -0.2) is 16.8 Å². The average Bonchev–Trinajstić information content (AvgIpc) is 2.57. The molecule has 0 aliphatic heterocycles. The molecule has 0 unspecified atom stereocenters. The van der Waals surface area contributed by atoms with Gasteiger partial charge in [-0.25, -0.2) is 5.10 Å². The molecule has 0 saturated heterocycles. The monoisotopic (exact) mass is 328 g/mol. The molecular weight excluding hydrogens is 314 g/mol. The lowest BCUT2D eigenvalue weighted by Gasteiger charge is -2.07. The molecule has 0 amide bonds. The number of H-pyrrole nitrogens is 1. The Balaban J connectivity index is 1.89. The van der Waals surface area contributed by atoms with E-state index in [1.54, 1.807) is 18.2 Å². The molecule has 0 atom stereocenters. The summed E-state index contributed by atoms with van der Waals surface area (Å²) in [5, 5.41) is 6.52. The van der Waals surface area contributed by atoms with Crippen LogP contribution in [0.2, 0.25) is 0 Å². The van der Waals surface area contributed by atoms with Gasteiger partial charge in [-0.3, -0.25) is 4.79 Å². The molecule has 4 nitrogen and oxygen atoms in total. The van der Waals surface area contributed by atoms with Crippen molar-refractivity contribution in [2.45, 2.75) is 13.0 Å². The zero-order valence-electron chi connectivity index (χ0n) is 12.6. The molecule has 2 aromatic carbocycles. The van der Waals surface area contributed by atoms with Gasteiger partial charge in [0.2, 0.25) is 0 Å². The van der Waals surface area contributed by atoms with Gasteiger partial charge in [-0.05, 0) is 23.8 Å². The average molecular weight is 328 g/mol. The lowest BCUT2D eigenvalue weighted by Crippen LogP contribution is -2.15. The Morgan fingerprint density at radius 3 is 2.58 bits per heavy atom. The SMILES string of the molecule is O=c1[nH]nc(-c2ccccc2)cc1Cc1cccc(OC(F)F)c1. The zero-order valence-corrected chi connectivity index (χ0v) is 12.6. The maximum atomic E-state index is 12.3. The Labute approximate surface area is 136 Å². The third-order valence-corrected chi connectivity index (χ3v) is 3.47. The second kappa shape index (κ2) is 7.04. The summed E-state index contributed by atoms with van der Waals surface area (Å²) in [6.45, 7) is -2.88. The van der Waals surface area contributed by atoms with E-state index in [0.29, 0.717) is 16.8 Å². The van der Waals surface area contributed by atoms with Crippen molar-refractivity contribution in [2.75, 3.05) is 0 Å². The Bertz CT molecular complexity index is 879. The second-order valence-electron chi connectivity index (χ2n) is 5.18. The molecule has 0 aliphatic carbocycles. The summed E-state index contributed by atoms with van der Waals surface area (Å²) in [4.78, 5) is 12.0. The molecule has 0 spiro atoms. The molecule has 3 aromatic rings. The first kappa shape index (κ1) is 15.9. The number of benzene rings is 2. The van der Waals surface area contributed by atoms with Crippen molar-refractivity contribution in [3.63, 3.8) is 0 Å². The first-order chi connectivity index (χ1) is 11.6. The molecule has 0 bridgehead atoms. The Kier molecular flexibility index (Phi) is 4.65. The van der Waals surface area contributed by atoms with Crippen molar-refractivity contribution in [1.29, 1.82) is 0 Å². The van der Waals surface area contributed by atoms with E-state index in [9.17, 15) is 13.6 Å². The fourth-order valence-electron chi connectivity index (χ4n) is 2.39. The van der Waals surface area contributed by atoms with Gasteiger partial charge < -0.3 is 4.74 Å². The Morgan fingerprint density at radius 2 is 1.83 bits per heavy atom. The van der Waals surface area contributed by atoms with E-state index in [-0.39, 0.29) is 17.7 Å². The van der Waals surface area contributed by atoms with Crippen LogP contribution >= 0.6 is 0 Å². The van der Waals surface area contributed by atoms with E-state index in [1.807, 2.05) is 30.3 Å². The molecule has 1 aromatic heterocycles. The summed E-state index contributed by atoms with van der Waals surface area (Å²) in [7, 11) is 0. The molecule has 122 valence electrons. The van der Waals surface area contributed by atoms with Crippen molar-refractivity contribution in [2.24, 2.45) is 0 Å². The van der Waals surface area contributed by atoms with Crippen molar-refractivity contribution < 1.29 is 13.5 Å². The molecule has 0 fully saturated rings. The molecule has 1 heterocycles.